The van der Waals surface area contributed by atoms with Crippen molar-refractivity contribution in [2.45, 2.75) is 39.2 Å². The van der Waals surface area contributed by atoms with Crippen molar-refractivity contribution in [2.75, 3.05) is 5.32 Å². The minimum atomic E-state index is -0.934. The molecule has 0 aliphatic heterocycles. The molecule has 0 saturated carbocycles. The number of carbonyl (C=O) groups is 2. The minimum Gasteiger partial charge on any atom is -0.449 e. The second-order valence-corrected chi connectivity index (χ2v) is 6.77. The Morgan fingerprint density at radius 3 is 2.34 bits per heavy atom. The van der Waals surface area contributed by atoms with Crippen molar-refractivity contribution in [1.29, 1.82) is 0 Å². The topological polar surface area (TPSA) is 99.0 Å². The molecule has 3 aromatic rings. The zero-order chi connectivity index (χ0) is 20.8. The molecule has 8 nitrogen and oxygen atoms in total. The van der Waals surface area contributed by atoms with Crippen molar-refractivity contribution in [3.8, 4) is 5.69 Å². The number of nitrogens with zero attached hydrogens (tertiary/aromatic N) is 4. The van der Waals surface area contributed by atoms with E-state index in [4.69, 9.17) is 4.74 Å². The third kappa shape index (κ3) is 5.04. The first-order valence-corrected chi connectivity index (χ1v) is 9.43. The molecule has 0 spiro atoms. The van der Waals surface area contributed by atoms with Gasteiger partial charge in [0.25, 0.3) is 5.91 Å². The monoisotopic (exact) mass is 393 g/mol. The standard InChI is InChI=1S/C21H23N5O3/c1-4-14(2)16-5-9-18(10-6-16)23-20(27)15(3)29-21(28)17-7-11-19(12-8-17)26-13-22-24-25-26/h5-15H,4H2,1-3H3,(H,23,27)/t14-,15+/m0/s1. The number of amides is 1. The summed E-state index contributed by atoms with van der Waals surface area (Å²) in [6.07, 6.45) is 1.57. The van der Waals surface area contributed by atoms with Gasteiger partial charge in [0.05, 0.1) is 11.3 Å². The fraction of sp³-hybridized carbons (Fsp3) is 0.286. The molecule has 1 heterocycles. The van der Waals surface area contributed by atoms with Gasteiger partial charge in [-0.05, 0) is 71.7 Å². The molecule has 0 fully saturated rings. The van der Waals surface area contributed by atoms with Gasteiger partial charge in [-0.3, -0.25) is 4.79 Å². The normalized spacial score (nSPS) is 12.8. The average Bonchev–Trinajstić information content (AvgIpc) is 3.28. The Morgan fingerprint density at radius 2 is 1.76 bits per heavy atom. The summed E-state index contributed by atoms with van der Waals surface area (Å²) in [5, 5.41) is 13.7. The number of carbonyl (C=O) groups excluding carboxylic acids is 2. The van der Waals surface area contributed by atoms with Crippen LogP contribution in [0.25, 0.3) is 5.69 Å². The number of anilines is 1. The van der Waals surface area contributed by atoms with Gasteiger partial charge >= 0.3 is 5.97 Å². The summed E-state index contributed by atoms with van der Waals surface area (Å²) in [5.41, 5.74) is 2.92. The van der Waals surface area contributed by atoms with E-state index in [0.29, 0.717) is 22.9 Å². The lowest BCUT2D eigenvalue weighted by Crippen LogP contribution is -2.30. The van der Waals surface area contributed by atoms with E-state index in [-0.39, 0.29) is 5.91 Å². The SMILES string of the molecule is CC[C@H](C)c1ccc(NC(=O)[C@@H](C)OC(=O)c2ccc(-n3cnnn3)cc2)cc1. The molecule has 3 rings (SSSR count). The second-order valence-electron chi connectivity index (χ2n) is 6.77. The highest BCUT2D eigenvalue weighted by Crippen LogP contribution is 2.20. The molecule has 0 radical (unpaired) electrons. The van der Waals surface area contributed by atoms with Gasteiger partial charge in [0, 0.05) is 5.69 Å². The molecule has 0 bridgehead atoms. The first kappa shape index (κ1) is 20.2. The maximum absolute atomic E-state index is 12.3. The van der Waals surface area contributed by atoms with E-state index in [1.54, 1.807) is 24.3 Å². The van der Waals surface area contributed by atoms with Crippen molar-refractivity contribution in [1.82, 2.24) is 20.2 Å². The second kappa shape index (κ2) is 9.09. The van der Waals surface area contributed by atoms with Crippen LogP contribution < -0.4 is 5.32 Å². The fourth-order valence-corrected chi connectivity index (χ4v) is 2.69. The van der Waals surface area contributed by atoms with E-state index in [1.165, 1.54) is 23.5 Å². The maximum atomic E-state index is 12.3. The van der Waals surface area contributed by atoms with Crippen LogP contribution in [-0.4, -0.2) is 38.2 Å². The number of tetrazole rings is 1. The van der Waals surface area contributed by atoms with Crippen LogP contribution in [0, 0.1) is 0 Å². The summed E-state index contributed by atoms with van der Waals surface area (Å²) in [7, 11) is 0. The summed E-state index contributed by atoms with van der Waals surface area (Å²) in [5.74, 6) is -0.505. The van der Waals surface area contributed by atoms with Crippen LogP contribution >= 0.6 is 0 Å². The average molecular weight is 393 g/mol. The summed E-state index contributed by atoms with van der Waals surface area (Å²) in [4.78, 5) is 24.7. The highest BCUT2D eigenvalue weighted by Gasteiger charge is 2.19. The highest BCUT2D eigenvalue weighted by atomic mass is 16.5. The fourth-order valence-electron chi connectivity index (χ4n) is 2.69. The van der Waals surface area contributed by atoms with E-state index in [1.807, 2.05) is 24.3 Å². The minimum absolute atomic E-state index is 0.333. The Morgan fingerprint density at radius 1 is 1.07 bits per heavy atom. The van der Waals surface area contributed by atoms with Crippen LogP contribution in [-0.2, 0) is 9.53 Å². The Labute approximate surface area is 168 Å². The zero-order valence-electron chi connectivity index (χ0n) is 16.6. The third-order valence-electron chi connectivity index (χ3n) is 4.73. The van der Waals surface area contributed by atoms with Gasteiger partial charge < -0.3 is 10.1 Å². The summed E-state index contributed by atoms with van der Waals surface area (Å²) in [6, 6.07) is 14.3. The van der Waals surface area contributed by atoms with E-state index >= 15 is 0 Å². The smallest absolute Gasteiger partial charge is 0.338 e. The van der Waals surface area contributed by atoms with Crippen molar-refractivity contribution in [3.05, 3.63) is 66.0 Å². The number of esters is 1. The maximum Gasteiger partial charge on any atom is 0.338 e. The molecule has 1 aromatic heterocycles. The van der Waals surface area contributed by atoms with Gasteiger partial charge in [0.1, 0.15) is 6.33 Å². The number of benzene rings is 2. The van der Waals surface area contributed by atoms with E-state index in [9.17, 15) is 9.59 Å². The van der Waals surface area contributed by atoms with Gasteiger partial charge in [-0.1, -0.05) is 26.0 Å². The number of ether oxygens (including phenoxy) is 1. The van der Waals surface area contributed by atoms with E-state index in [0.717, 1.165) is 6.42 Å². The lowest BCUT2D eigenvalue weighted by molar-refractivity contribution is -0.123. The highest BCUT2D eigenvalue weighted by molar-refractivity contribution is 5.97. The molecule has 0 saturated heterocycles. The Kier molecular flexibility index (Phi) is 6.33. The molecule has 150 valence electrons. The summed E-state index contributed by atoms with van der Waals surface area (Å²) in [6.45, 7) is 5.83. The molecule has 2 atom stereocenters. The predicted molar refractivity (Wildman–Crippen MR) is 108 cm³/mol. The number of hydrogen-bond donors (Lipinski definition) is 1. The zero-order valence-corrected chi connectivity index (χ0v) is 16.6. The summed E-state index contributed by atoms with van der Waals surface area (Å²) >= 11 is 0. The molecule has 2 aromatic carbocycles. The van der Waals surface area contributed by atoms with Gasteiger partial charge in [0.2, 0.25) is 0 Å². The first-order valence-electron chi connectivity index (χ1n) is 9.43. The Balaban J connectivity index is 1.56. The molecule has 0 unspecified atom stereocenters. The molecule has 1 amide bonds. The lowest BCUT2D eigenvalue weighted by Gasteiger charge is -2.15. The molecule has 0 aliphatic carbocycles. The quantitative estimate of drug-likeness (QED) is 0.618. The first-order chi connectivity index (χ1) is 14.0. The van der Waals surface area contributed by atoms with Crippen LogP contribution in [0.15, 0.2) is 54.9 Å². The molecule has 1 N–H and O–H groups in total. The predicted octanol–water partition coefficient (Wildman–Crippen LogP) is 3.36. The van der Waals surface area contributed by atoms with Crippen molar-refractivity contribution in [2.24, 2.45) is 0 Å². The van der Waals surface area contributed by atoms with Gasteiger partial charge in [-0.2, -0.15) is 0 Å². The Hall–Kier alpha value is -3.55. The molecule has 8 heteroatoms. The van der Waals surface area contributed by atoms with Gasteiger partial charge in [-0.25, -0.2) is 9.48 Å². The van der Waals surface area contributed by atoms with Crippen molar-refractivity contribution in [3.63, 3.8) is 0 Å². The lowest BCUT2D eigenvalue weighted by atomic mass is 9.99. The van der Waals surface area contributed by atoms with Crippen LogP contribution in [0.1, 0.15) is 49.0 Å². The molecule has 0 aliphatic rings. The largest absolute Gasteiger partial charge is 0.449 e. The number of hydrogen-bond acceptors (Lipinski definition) is 6. The summed E-state index contributed by atoms with van der Waals surface area (Å²) < 4.78 is 6.75. The number of nitrogens with one attached hydrogen (secondary N) is 1. The van der Waals surface area contributed by atoms with E-state index < -0.39 is 12.1 Å². The van der Waals surface area contributed by atoms with Crippen molar-refractivity contribution >= 4 is 17.6 Å². The molecule has 29 heavy (non-hydrogen) atoms. The molecular weight excluding hydrogens is 370 g/mol. The number of rotatable bonds is 7. The van der Waals surface area contributed by atoms with E-state index in [2.05, 4.69) is 34.7 Å². The Bertz CT molecular complexity index is 953. The third-order valence-corrected chi connectivity index (χ3v) is 4.73. The van der Waals surface area contributed by atoms with Crippen LogP contribution in [0.3, 0.4) is 0 Å². The van der Waals surface area contributed by atoms with Gasteiger partial charge in [0.15, 0.2) is 6.10 Å². The van der Waals surface area contributed by atoms with Crippen LogP contribution in [0.2, 0.25) is 0 Å². The number of aromatic nitrogens is 4. The van der Waals surface area contributed by atoms with Crippen LogP contribution in [0.4, 0.5) is 5.69 Å². The van der Waals surface area contributed by atoms with Crippen molar-refractivity contribution < 1.29 is 14.3 Å². The van der Waals surface area contributed by atoms with Gasteiger partial charge in [-0.15, -0.1) is 5.10 Å². The van der Waals surface area contributed by atoms with Crippen LogP contribution in [0.5, 0.6) is 0 Å². The molecular formula is C21H23N5O3.